The monoisotopic (exact) mass is 460 g/mol. The molecule has 8 heteroatoms. The number of anilines is 1. The van der Waals surface area contributed by atoms with E-state index >= 15 is 0 Å². The summed E-state index contributed by atoms with van der Waals surface area (Å²) in [5.41, 5.74) is 7.27. The molecule has 0 spiro atoms. The van der Waals surface area contributed by atoms with Gasteiger partial charge in [0.2, 0.25) is 10.0 Å². The normalized spacial score (nSPS) is 11.9. The second kappa shape index (κ2) is 9.00. The van der Waals surface area contributed by atoms with Gasteiger partial charge in [-0.3, -0.25) is 0 Å². The van der Waals surface area contributed by atoms with E-state index in [1.54, 1.807) is 24.3 Å². The summed E-state index contributed by atoms with van der Waals surface area (Å²) in [6.07, 6.45) is 0. The molecule has 2 aromatic rings. The quantitative estimate of drug-likeness (QED) is 0.408. The second-order valence-electron chi connectivity index (χ2n) is 5.09. The molecule has 24 heavy (non-hydrogen) atoms. The summed E-state index contributed by atoms with van der Waals surface area (Å²) in [5.74, 6) is 0.230. The zero-order chi connectivity index (χ0) is 16.9. The van der Waals surface area contributed by atoms with Crippen LogP contribution < -0.4 is 11.1 Å². The number of nitrogens with zero attached hydrogens (tertiary/aromatic N) is 2. The van der Waals surface area contributed by atoms with Crippen molar-refractivity contribution in [1.29, 1.82) is 0 Å². The molecule has 0 saturated carbocycles. The molecule has 2 aromatic carbocycles. The number of rotatable bonds is 5. The van der Waals surface area contributed by atoms with Crippen molar-refractivity contribution < 1.29 is 8.42 Å². The number of hydrogen-bond donors (Lipinski definition) is 2. The van der Waals surface area contributed by atoms with Crippen LogP contribution in [0.25, 0.3) is 0 Å². The molecule has 0 fully saturated rings. The molecule has 0 heterocycles. The van der Waals surface area contributed by atoms with Gasteiger partial charge in [0.05, 0.1) is 11.4 Å². The van der Waals surface area contributed by atoms with Gasteiger partial charge in [-0.1, -0.05) is 36.4 Å². The molecule has 130 valence electrons. The van der Waals surface area contributed by atoms with Gasteiger partial charge in [0.1, 0.15) is 0 Å². The lowest BCUT2D eigenvalue weighted by atomic mass is 10.2. The maximum absolute atomic E-state index is 12.3. The van der Waals surface area contributed by atoms with Crippen molar-refractivity contribution in [2.45, 2.75) is 11.4 Å². The van der Waals surface area contributed by atoms with Crippen LogP contribution in [0.2, 0.25) is 0 Å². The molecule has 0 aromatic heterocycles. The predicted molar refractivity (Wildman–Crippen MR) is 108 cm³/mol. The van der Waals surface area contributed by atoms with Gasteiger partial charge in [0.25, 0.3) is 0 Å². The Morgan fingerprint density at radius 1 is 1.08 bits per heavy atom. The molecule has 0 aliphatic rings. The van der Waals surface area contributed by atoms with Crippen molar-refractivity contribution >= 4 is 45.6 Å². The lowest BCUT2D eigenvalue weighted by Crippen LogP contribution is -2.24. The summed E-state index contributed by atoms with van der Waals surface area (Å²) in [6.45, 7) is 0.176. The number of aliphatic imine (C=N–C) groups is 1. The molecule has 2 rings (SSSR count). The lowest BCUT2D eigenvalue weighted by Gasteiger charge is -2.14. The van der Waals surface area contributed by atoms with Crippen molar-refractivity contribution in [3.05, 3.63) is 60.2 Å². The molecular weight excluding hydrogens is 439 g/mol. The Hall–Kier alpha value is -1.65. The van der Waals surface area contributed by atoms with Crippen LogP contribution in [0.5, 0.6) is 0 Å². The fourth-order valence-corrected chi connectivity index (χ4v) is 3.07. The van der Waals surface area contributed by atoms with E-state index in [1.165, 1.54) is 18.4 Å². The molecular formula is C16H21IN4O2S. The Morgan fingerprint density at radius 3 is 2.29 bits per heavy atom. The first-order chi connectivity index (χ1) is 10.9. The third-order valence-electron chi connectivity index (χ3n) is 3.20. The van der Waals surface area contributed by atoms with Gasteiger partial charge in [-0.25, -0.2) is 17.7 Å². The Balaban J connectivity index is 0.00000288. The largest absolute Gasteiger partial charge is 0.370 e. The first-order valence-corrected chi connectivity index (χ1v) is 8.47. The van der Waals surface area contributed by atoms with Crippen molar-refractivity contribution in [3.63, 3.8) is 0 Å². The molecule has 0 saturated heterocycles. The summed E-state index contributed by atoms with van der Waals surface area (Å²) < 4.78 is 25.8. The number of sulfonamides is 1. The van der Waals surface area contributed by atoms with Crippen LogP contribution in [0.15, 0.2) is 64.5 Å². The molecule has 0 unspecified atom stereocenters. The van der Waals surface area contributed by atoms with Crippen molar-refractivity contribution in [2.75, 3.05) is 19.4 Å². The van der Waals surface area contributed by atoms with Gasteiger partial charge in [0, 0.05) is 19.8 Å². The zero-order valence-electron chi connectivity index (χ0n) is 13.5. The first-order valence-electron chi connectivity index (χ1n) is 7.03. The highest BCUT2D eigenvalue weighted by Gasteiger charge is 2.20. The number of nitrogens with two attached hydrogens (primary N) is 1. The van der Waals surface area contributed by atoms with Gasteiger partial charge in [-0.05, 0) is 23.8 Å². The van der Waals surface area contributed by atoms with Gasteiger partial charge < -0.3 is 11.1 Å². The second-order valence-corrected chi connectivity index (χ2v) is 7.21. The van der Waals surface area contributed by atoms with Gasteiger partial charge in [-0.15, -0.1) is 24.0 Å². The Kier molecular flexibility index (Phi) is 7.64. The molecule has 0 aliphatic carbocycles. The first kappa shape index (κ1) is 20.4. The van der Waals surface area contributed by atoms with Gasteiger partial charge >= 0.3 is 0 Å². The van der Waals surface area contributed by atoms with Gasteiger partial charge in [0.15, 0.2) is 5.96 Å². The molecule has 6 nitrogen and oxygen atoms in total. The summed E-state index contributed by atoms with van der Waals surface area (Å²) in [6, 6.07) is 16.2. The minimum Gasteiger partial charge on any atom is -0.370 e. The third-order valence-corrected chi connectivity index (χ3v) is 5.11. The highest BCUT2D eigenvalue weighted by Crippen LogP contribution is 2.19. The van der Waals surface area contributed by atoms with E-state index in [0.29, 0.717) is 5.56 Å². The highest BCUT2D eigenvalue weighted by molar-refractivity contribution is 14.0. The minimum atomic E-state index is -3.51. The maximum Gasteiger partial charge on any atom is 0.242 e. The SMILES string of the molecule is CN(C)S(=O)(=O)c1ccccc1CN=C(N)Nc1ccccc1.I. The molecule has 0 radical (unpaired) electrons. The van der Waals surface area contributed by atoms with Crippen LogP contribution in [-0.2, 0) is 16.6 Å². The zero-order valence-corrected chi connectivity index (χ0v) is 16.7. The minimum absolute atomic E-state index is 0. The van der Waals surface area contributed by atoms with Crippen LogP contribution in [-0.4, -0.2) is 32.8 Å². The van der Waals surface area contributed by atoms with E-state index in [9.17, 15) is 8.42 Å². The predicted octanol–water partition coefficient (Wildman–Crippen LogP) is 2.48. The number of nitrogens with one attached hydrogen (secondary N) is 1. The topological polar surface area (TPSA) is 87.8 Å². The van der Waals surface area contributed by atoms with E-state index in [0.717, 1.165) is 5.69 Å². The van der Waals surface area contributed by atoms with E-state index in [4.69, 9.17) is 5.73 Å². The Bertz CT molecular complexity index is 793. The Morgan fingerprint density at radius 2 is 1.67 bits per heavy atom. The third kappa shape index (κ3) is 5.18. The van der Waals surface area contributed by atoms with Crippen molar-refractivity contribution in [1.82, 2.24) is 4.31 Å². The van der Waals surface area contributed by atoms with Crippen LogP contribution in [0.4, 0.5) is 5.69 Å². The average molecular weight is 460 g/mol. The average Bonchev–Trinajstić information content (AvgIpc) is 2.54. The van der Waals surface area contributed by atoms with Crippen LogP contribution >= 0.6 is 24.0 Å². The molecule has 0 bridgehead atoms. The maximum atomic E-state index is 12.3. The summed E-state index contributed by atoms with van der Waals surface area (Å²) in [5, 5.41) is 2.96. The lowest BCUT2D eigenvalue weighted by molar-refractivity contribution is 0.519. The number of para-hydroxylation sites is 1. The van der Waals surface area contributed by atoms with E-state index in [2.05, 4.69) is 10.3 Å². The Labute approximate surface area is 159 Å². The smallest absolute Gasteiger partial charge is 0.242 e. The molecule has 0 amide bonds. The van der Waals surface area contributed by atoms with Crippen LogP contribution in [0.3, 0.4) is 0 Å². The van der Waals surface area contributed by atoms with Crippen molar-refractivity contribution in [2.24, 2.45) is 10.7 Å². The summed E-state index contributed by atoms with van der Waals surface area (Å²) in [4.78, 5) is 4.46. The molecule has 0 atom stereocenters. The van der Waals surface area contributed by atoms with Gasteiger partial charge in [-0.2, -0.15) is 0 Å². The number of guanidine groups is 1. The summed E-state index contributed by atoms with van der Waals surface area (Å²) in [7, 11) is -0.510. The fraction of sp³-hybridized carbons (Fsp3) is 0.188. The van der Waals surface area contributed by atoms with Crippen molar-refractivity contribution in [3.8, 4) is 0 Å². The summed E-state index contributed by atoms with van der Waals surface area (Å²) >= 11 is 0. The van der Waals surface area contributed by atoms with Crippen LogP contribution in [0.1, 0.15) is 5.56 Å². The number of hydrogen-bond acceptors (Lipinski definition) is 3. The molecule has 0 aliphatic heterocycles. The van der Waals surface area contributed by atoms with E-state index in [-0.39, 0.29) is 41.4 Å². The fourth-order valence-electron chi connectivity index (χ4n) is 1.96. The highest BCUT2D eigenvalue weighted by atomic mass is 127. The van der Waals surface area contributed by atoms with E-state index < -0.39 is 10.0 Å². The van der Waals surface area contributed by atoms with E-state index in [1.807, 2.05) is 30.3 Å². The molecule has 3 N–H and O–H groups in total. The number of halogens is 1. The standard InChI is InChI=1S/C16H20N4O2S.HI/c1-20(2)23(21,22)15-11-7-6-8-13(15)12-18-16(17)19-14-9-4-3-5-10-14;/h3-11H,12H2,1-2H3,(H3,17,18,19);1H. The number of benzene rings is 2. The van der Waals surface area contributed by atoms with Crippen LogP contribution in [0, 0.1) is 0 Å².